The van der Waals surface area contributed by atoms with E-state index in [0.717, 1.165) is 50.3 Å². The van der Waals surface area contributed by atoms with Crippen LogP contribution in [0.1, 0.15) is 26.3 Å². The van der Waals surface area contributed by atoms with E-state index < -0.39 is 15.6 Å². The van der Waals surface area contributed by atoms with Gasteiger partial charge in [0.2, 0.25) is 10.0 Å². The van der Waals surface area contributed by atoms with Gasteiger partial charge in [-0.2, -0.15) is 0 Å². The molecule has 1 aliphatic rings. The molecule has 1 fully saturated rings. The van der Waals surface area contributed by atoms with Gasteiger partial charge in [0.15, 0.2) is 5.96 Å². The lowest BCUT2D eigenvalue weighted by Crippen LogP contribution is -2.53. The van der Waals surface area contributed by atoms with Crippen LogP contribution in [0.5, 0.6) is 0 Å². The molecule has 0 atom stereocenters. The zero-order chi connectivity index (χ0) is 20.8. The number of rotatable bonds is 7. The second-order valence-corrected chi connectivity index (χ2v) is 10.0. The molecule has 0 unspecified atom stereocenters. The zero-order valence-corrected chi connectivity index (χ0v) is 18.8. The largest absolute Gasteiger partial charge is 0.357 e. The first-order valence-corrected chi connectivity index (χ1v) is 11.8. The molecule has 2 rings (SSSR count). The van der Waals surface area contributed by atoms with Crippen molar-refractivity contribution in [3.63, 3.8) is 0 Å². The molecule has 1 heterocycles. The van der Waals surface area contributed by atoms with Gasteiger partial charge >= 0.3 is 0 Å². The van der Waals surface area contributed by atoms with Crippen LogP contribution >= 0.6 is 11.6 Å². The minimum atomic E-state index is -3.28. The minimum Gasteiger partial charge on any atom is -0.357 e. The molecule has 0 aliphatic carbocycles. The molecule has 1 aromatic carbocycles. The maximum atomic E-state index is 11.5. The van der Waals surface area contributed by atoms with Crippen molar-refractivity contribution in [2.24, 2.45) is 4.99 Å². The Morgan fingerprint density at radius 2 is 1.93 bits per heavy atom. The van der Waals surface area contributed by atoms with Gasteiger partial charge in [-0.25, -0.2) is 13.1 Å². The van der Waals surface area contributed by atoms with Crippen molar-refractivity contribution < 1.29 is 8.42 Å². The van der Waals surface area contributed by atoms with Crippen LogP contribution in [0.25, 0.3) is 0 Å². The normalized spacial score (nSPS) is 17.0. The SMILES string of the molecule is CCNC(=NCC(C)(C)NS(C)(=O)=O)N1CCN(Cc2cccc(Cl)c2)CC1. The molecule has 9 heteroatoms. The van der Waals surface area contributed by atoms with Crippen molar-refractivity contribution in [1.82, 2.24) is 19.8 Å². The highest BCUT2D eigenvalue weighted by Crippen LogP contribution is 2.14. The van der Waals surface area contributed by atoms with Crippen molar-refractivity contribution in [2.45, 2.75) is 32.9 Å². The van der Waals surface area contributed by atoms with Crippen LogP contribution in [-0.2, 0) is 16.6 Å². The highest BCUT2D eigenvalue weighted by molar-refractivity contribution is 7.88. The van der Waals surface area contributed by atoms with Gasteiger partial charge in [-0.15, -0.1) is 0 Å². The van der Waals surface area contributed by atoms with E-state index in [0.29, 0.717) is 6.54 Å². The van der Waals surface area contributed by atoms with Gasteiger partial charge in [0.25, 0.3) is 0 Å². The summed E-state index contributed by atoms with van der Waals surface area (Å²) in [7, 11) is -3.28. The third-order valence-corrected chi connectivity index (χ3v) is 5.55. The fourth-order valence-electron chi connectivity index (χ4n) is 3.24. The summed E-state index contributed by atoms with van der Waals surface area (Å²) >= 11 is 6.08. The lowest BCUT2D eigenvalue weighted by Gasteiger charge is -2.37. The number of halogens is 1. The predicted molar refractivity (Wildman–Crippen MR) is 116 cm³/mol. The summed E-state index contributed by atoms with van der Waals surface area (Å²) in [4.78, 5) is 9.32. The summed E-state index contributed by atoms with van der Waals surface area (Å²) in [6.45, 7) is 11.3. The molecule has 28 heavy (non-hydrogen) atoms. The van der Waals surface area contributed by atoms with E-state index in [4.69, 9.17) is 11.6 Å². The summed E-state index contributed by atoms with van der Waals surface area (Å²) in [6.07, 6.45) is 1.17. The van der Waals surface area contributed by atoms with Crippen molar-refractivity contribution in [3.8, 4) is 0 Å². The van der Waals surface area contributed by atoms with Gasteiger partial charge in [-0.1, -0.05) is 23.7 Å². The van der Waals surface area contributed by atoms with Crippen LogP contribution in [-0.4, -0.2) is 75.2 Å². The molecule has 1 aromatic rings. The summed E-state index contributed by atoms with van der Waals surface area (Å²) in [5.74, 6) is 0.827. The van der Waals surface area contributed by atoms with Crippen LogP contribution in [0.4, 0.5) is 0 Å². The number of hydrogen-bond acceptors (Lipinski definition) is 4. The standard InChI is InChI=1S/C19H32ClN5O2S/c1-5-21-18(22-15-19(2,3)23-28(4,26)27)25-11-9-24(10-12-25)14-16-7-6-8-17(20)13-16/h6-8,13,23H,5,9-12,14-15H2,1-4H3,(H,21,22). The van der Waals surface area contributed by atoms with E-state index >= 15 is 0 Å². The number of aliphatic imine (C=N–C) groups is 1. The Bertz CT molecular complexity index is 774. The fourth-order valence-corrected chi connectivity index (χ4v) is 4.53. The van der Waals surface area contributed by atoms with Crippen LogP contribution in [0.3, 0.4) is 0 Å². The van der Waals surface area contributed by atoms with Gasteiger partial charge < -0.3 is 10.2 Å². The van der Waals surface area contributed by atoms with Gasteiger partial charge in [-0.3, -0.25) is 9.89 Å². The Morgan fingerprint density at radius 1 is 1.25 bits per heavy atom. The number of nitrogens with zero attached hydrogens (tertiary/aromatic N) is 3. The van der Waals surface area contributed by atoms with E-state index in [1.54, 1.807) is 0 Å². The monoisotopic (exact) mass is 429 g/mol. The first kappa shape index (κ1) is 22.9. The van der Waals surface area contributed by atoms with Gasteiger partial charge in [0, 0.05) is 49.8 Å². The maximum Gasteiger partial charge on any atom is 0.209 e. The molecule has 0 bridgehead atoms. The van der Waals surface area contributed by atoms with E-state index in [9.17, 15) is 8.42 Å². The topological polar surface area (TPSA) is 77.0 Å². The predicted octanol–water partition coefficient (Wildman–Crippen LogP) is 1.75. The van der Waals surface area contributed by atoms with Crippen molar-refractivity contribution in [1.29, 1.82) is 0 Å². The average Bonchev–Trinajstić information content (AvgIpc) is 2.57. The molecule has 1 aliphatic heterocycles. The molecule has 0 aromatic heterocycles. The molecular formula is C19H32ClN5O2S. The number of hydrogen-bond donors (Lipinski definition) is 2. The second-order valence-electron chi connectivity index (χ2n) is 7.82. The summed E-state index contributed by atoms with van der Waals surface area (Å²) in [6, 6.07) is 7.98. The maximum absolute atomic E-state index is 11.5. The summed E-state index contributed by atoms with van der Waals surface area (Å²) in [5, 5.41) is 4.09. The fraction of sp³-hybridized carbons (Fsp3) is 0.632. The van der Waals surface area contributed by atoms with Crippen LogP contribution < -0.4 is 10.0 Å². The molecule has 0 radical (unpaired) electrons. The quantitative estimate of drug-likeness (QED) is 0.510. The molecular weight excluding hydrogens is 398 g/mol. The molecule has 7 nitrogen and oxygen atoms in total. The van der Waals surface area contributed by atoms with Crippen molar-refractivity contribution in [2.75, 3.05) is 45.5 Å². The molecule has 0 saturated carbocycles. The zero-order valence-electron chi connectivity index (χ0n) is 17.2. The van der Waals surface area contributed by atoms with Crippen LogP contribution in [0.15, 0.2) is 29.3 Å². The molecule has 2 N–H and O–H groups in total. The number of sulfonamides is 1. The Hall–Kier alpha value is -1.35. The second kappa shape index (κ2) is 9.91. The van der Waals surface area contributed by atoms with Crippen LogP contribution in [0, 0.1) is 0 Å². The molecule has 1 saturated heterocycles. The smallest absolute Gasteiger partial charge is 0.209 e. The number of piperazine rings is 1. The highest BCUT2D eigenvalue weighted by atomic mass is 35.5. The molecule has 0 amide bonds. The average molecular weight is 430 g/mol. The number of nitrogens with one attached hydrogen (secondary N) is 2. The van der Waals surface area contributed by atoms with Gasteiger partial charge in [0.1, 0.15) is 0 Å². The van der Waals surface area contributed by atoms with Crippen molar-refractivity contribution in [3.05, 3.63) is 34.9 Å². The third kappa shape index (κ3) is 7.95. The van der Waals surface area contributed by atoms with Crippen LogP contribution in [0.2, 0.25) is 5.02 Å². The first-order chi connectivity index (χ1) is 13.1. The number of benzene rings is 1. The summed E-state index contributed by atoms with van der Waals surface area (Å²) < 4.78 is 25.7. The Balaban J connectivity index is 1.94. The lowest BCUT2D eigenvalue weighted by molar-refractivity contribution is 0.172. The Labute approximate surface area is 174 Å². The Morgan fingerprint density at radius 3 is 2.50 bits per heavy atom. The molecule has 158 valence electrons. The van der Waals surface area contributed by atoms with E-state index in [1.165, 1.54) is 11.8 Å². The van der Waals surface area contributed by atoms with Crippen molar-refractivity contribution >= 4 is 27.6 Å². The van der Waals surface area contributed by atoms with E-state index in [1.807, 2.05) is 39.0 Å². The highest BCUT2D eigenvalue weighted by Gasteiger charge is 2.24. The van der Waals surface area contributed by atoms with Gasteiger partial charge in [-0.05, 0) is 38.5 Å². The summed E-state index contributed by atoms with van der Waals surface area (Å²) in [5.41, 5.74) is 0.581. The Kier molecular flexibility index (Phi) is 8.12. The van der Waals surface area contributed by atoms with E-state index in [2.05, 4.69) is 30.9 Å². The minimum absolute atomic E-state index is 0.366. The van der Waals surface area contributed by atoms with E-state index in [-0.39, 0.29) is 0 Å². The first-order valence-electron chi connectivity index (χ1n) is 9.57. The number of guanidine groups is 1. The third-order valence-electron chi connectivity index (χ3n) is 4.39. The van der Waals surface area contributed by atoms with Gasteiger partial charge in [0.05, 0.1) is 12.8 Å². The lowest BCUT2D eigenvalue weighted by atomic mass is 10.1. The molecule has 0 spiro atoms.